The molecule has 1 aliphatic rings. The maximum Gasteiger partial charge on any atom is 0.410 e. The molecule has 0 aliphatic carbocycles. The van der Waals surface area contributed by atoms with E-state index in [9.17, 15) is 4.79 Å². The van der Waals surface area contributed by atoms with Gasteiger partial charge < -0.3 is 15.4 Å². The van der Waals surface area contributed by atoms with Crippen LogP contribution in [-0.4, -0.2) is 49.7 Å². The molecule has 0 bridgehead atoms. The van der Waals surface area contributed by atoms with Crippen LogP contribution < -0.4 is 5.73 Å². The van der Waals surface area contributed by atoms with Gasteiger partial charge in [0.25, 0.3) is 0 Å². The summed E-state index contributed by atoms with van der Waals surface area (Å²) in [5.41, 5.74) is 6.78. The van der Waals surface area contributed by atoms with Crippen molar-refractivity contribution in [2.24, 2.45) is 5.92 Å². The monoisotopic (exact) mass is 366 g/mol. The number of nitrogens with two attached hydrogens (primary N) is 1. The Morgan fingerprint density at radius 3 is 2.68 bits per heavy atom. The minimum absolute atomic E-state index is 0.248. The first-order valence-electron chi connectivity index (χ1n) is 8.36. The number of piperidine rings is 1. The molecule has 8 nitrogen and oxygen atoms in total. The van der Waals surface area contributed by atoms with E-state index in [-0.39, 0.29) is 6.09 Å². The second-order valence-electron chi connectivity index (χ2n) is 7.38. The molecule has 2 aromatic rings. The number of aromatic nitrogens is 4. The fourth-order valence-corrected chi connectivity index (χ4v) is 3.12. The van der Waals surface area contributed by atoms with Crippen LogP contribution in [0.3, 0.4) is 0 Å². The molecule has 0 spiro atoms. The van der Waals surface area contributed by atoms with Crippen LogP contribution in [0.25, 0.3) is 11.0 Å². The Morgan fingerprint density at radius 1 is 1.36 bits per heavy atom. The summed E-state index contributed by atoms with van der Waals surface area (Å²) in [4.78, 5) is 13.9. The smallest absolute Gasteiger partial charge is 0.410 e. The topological polar surface area (TPSA) is 99.2 Å². The predicted octanol–water partition coefficient (Wildman–Crippen LogP) is 2.71. The quantitative estimate of drug-likeness (QED) is 0.877. The highest BCUT2D eigenvalue weighted by Gasteiger charge is 2.27. The third-order valence-corrected chi connectivity index (χ3v) is 4.38. The number of hydrogen-bond acceptors (Lipinski definition) is 6. The SMILES string of the molecule is CC(C)(C)OC(=O)N1CCC(Cn2nc(N)c3nnc(Cl)cc32)CC1. The van der Waals surface area contributed by atoms with Gasteiger partial charge in [-0.15, -0.1) is 10.2 Å². The average Bonchev–Trinajstić information content (AvgIpc) is 2.82. The second-order valence-corrected chi connectivity index (χ2v) is 7.77. The highest BCUT2D eigenvalue weighted by atomic mass is 35.5. The number of carbonyl (C=O) groups excluding carboxylic acids is 1. The number of rotatable bonds is 2. The molecule has 0 saturated carbocycles. The van der Waals surface area contributed by atoms with E-state index in [1.54, 1.807) is 11.0 Å². The summed E-state index contributed by atoms with van der Waals surface area (Å²) in [5.74, 6) is 0.749. The van der Waals surface area contributed by atoms with Crippen molar-refractivity contribution < 1.29 is 9.53 Å². The highest BCUT2D eigenvalue weighted by Crippen LogP contribution is 2.25. The van der Waals surface area contributed by atoms with Crippen LogP contribution in [0.1, 0.15) is 33.6 Å². The van der Waals surface area contributed by atoms with E-state index < -0.39 is 5.60 Å². The maximum absolute atomic E-state index is 12.1. The molecule has 3 rings (SSSR count). The summed E-state index contributed by atoms with van der Waals surface area (Å²) in [5, 5.41) is 12.5. The summed E-state index contributed by atoms with van der Waals surface area (Å²) in [7, 11) is 0. The second kappa shape index (κ2) is 6.67. The summed E-state index contributed by atoms with van der Waals surface area (Å²) < 4.78 is 7.26. The number of nitrogen functional groups attached to an aromatic ring is 1. The summed E-state index contributed by atoms with van der Waals surface area (Å²) in [6, 6.07) is 1.73. The first-order valence-corrected chi connectivity index (χ1v) is 8.74. The zero-order valence-corrected chi connectivity index (χ0v) is 15.5. The number of likely N-dealkylation sites (tertiary alicyclic amines) is 1. The van der Waals surface area contributed by atoms with Gasteiger partial charge in [0.1, 0.15) is 5.60 Å². The number of anilines is 1. The Morgan fingerprint density at radius 2 is 2.04 bits per heavy atom. The molecule has 0 radical (unpaired) electrons. The highest BCUT2D eigenvalue weighted by molar-refractivity contribution is 6.29. The molecule has 136 valence electrons. The predicted molar refractivity (Wildman–Crippen MR) is 95.3 cm³/mol. The molecule has 9 heteroatoms. The number of ether oxygens (including phenoxy) is 1. The number of carbonyl (C=O) groups is 1. The Labute approximate surface area is 151 Å². The molecule has 3 heterocycles. The lowest BCUT2D eigenvalue weighted by Gasteiger charge is -2.33. The molecule has 1 fully saturated rings. The van der Waals surface area contributed by atoms with Gasteiger partial charge in [0.2, 0.25) is 0 Å². The lowest BCUT2D eigenvalue weighted by Crippen LogP contribution is -2.42. The molecule has 1 amide bonds. The van der Waals surface area contributed by atoms with Gasteiger partial charge in [-0.3, -0.25) is 4.68 Å². The molecule has 0 aromatic carbocycles. The number of amides is 1. The van der Waals surface area contributed by atoms with Crippen molar-refractivity contribution in [3.8, 4) is 0 Å². The van der Waals surface area contributed by atoms with Crippen molar-refractivity contribution in [1.82, 2.24) is 24.9 Å². The molecule has 2 aromatic heterocycles. The van der Waals surface area contributed by atoms with Gasteiger partial charge >= 0.3 is 6.09 Å². The molecule has 0 atom stereocenters. The van der Waals surface area contributed by atoms with E-state index in [2.05, 4.69) is 15.3 Å². The van der Waals surface area contributed by atoms with Crippen LogP contribution in [-0.2, 0) is 11.3 Å². The Balaban J connectivity index is 1.63. The van der Waals surface area contributed by atoms with E-state index in [1.807, 2.05) is 25.5 Å². The minimum Gasteiger partial charge on any atom is -0.444 e. The Kier molecular flexibility index (Phi) is 4.73. The molecular weight excluding hydrogens is 344 g/mol. The maximum atomic E-state index is 12.1. The van der Waals surface area contributed by atoms with Gasteiger partial charge in [-0.1, -0.05) is 11.6 Å². The number of fused-ring (bicyclic) bond motifs is 1. The first-order chi connectivity index (χ1) is 11.7. The molecule has 25 heavy (non-hydrogen) atoms. The van der Waals surface area contributed by atoms with Crippen molar-refractivity contribution in [1.29, 1.82) is 0 Å². The average molecular weight is 367 g/mol. The summed E-state index contributed by atoms with van der Waals surface area (Å²) >= 11 is 5.94. The van der Waals surface area contributed by atoms with Gasteiger partial charge in [-0.05, 0) is 39.5 Å². The standard InChI is InChI=1S/C16H23ClN6O2/c1-16(2,3)25-15(24)22-6-4-10(5-7-22)9-23-11-8-12(17)19-20-13(11)14(18)21-23/h8,10H,4-7,9H2,1-3H3,(H2,18,21). The zero-order chi connectivity index (χ0) is 18.2. The van der Waals surface area contributed by atoms with Crippen molar-refractivity contribution in [2.75, 3.05) is 18.8 Å². The zero-order valence-electron chi connectivity index (χ0n) is 14.7. The number of hydrogen-bond donors (Lipinski definition) is 1. The summed E-state index contributed by atoms with van der Waals surface area (Å²) in [6.45, 7) is 7.68. The Hall–Kier alpha value is -2.09. The molecule has 1 aliphatic heterocycles. The molecule has 0 unspecified atom stereocenters. The molecule has 2 N–H and O–H groups in total. The van der Waals surface area contributed by atoms with E-state index in [4.69, 9.17) is 22.1 Å². The lowest BCUT2D eigenvalue weighted by atomic mass is 9.97. The van der Waals surface area contributed by atoms with Crippen molar-refractivity contribution in [2.45, 2.75) is 45.8 Å². The van der Waals surface area contributed by atoms with Crippen LogP contribution in [0.4, 0.5) is 10.6 Å². The third-order valence-electron chi connectivity index (χ3n) is 4.19. The van der Waals surface area contributed by atoms with E-state index in [0.717, 1.165) is 18.4 Å². The lowest BCUT2D eigenvalue weighted by molar-refractivity contribution is 0.0177. The first kappa shape index (κ1) is 17.7. The largest absolute Gasteiger partial charge is 0.444 e. The van der Waals surface area contributed by atoms with Gasteiger partial charge in [-0.25, -0.2) is 4.79 Å². The van der Waals surface area contributed by atoms with Crippen molar-refractivity contribution >= 4 is 34.5 Å². The van der Waals surface area contributed by atoms with Crippen LogP contribution in [0.2, 0.25) is 5.15 Å². The minimum atomic E-state index is -0.472. The molecular formula is C16H23ClN6O2. The van der Waals surface area contributed by atoms with Gasteiger partial charge in [0.05, 0.1) is 5.52 Å². The number of halogens is 1. The van der Waals surface area contributed by atoms with Crippen molar-refractivity contribution in [3.05, 3.63) is 11.2 Å². The van der Waals surface area contributed by atoms with Crippen LogP contribution in [0.15, 0.2) is 6.07 Å². The third kappa shape index (κ3) is 4.12. The van der Waals surface area contributed by atoms with E-state index in [0.29, 0.717) is 42.0 Å². The normalized spacial score (nSPS) is 16.4. The van der Waals surface area contributed by atoms with Gasteiger partial charge in [0, 0.05) is 25.7 Å². The van der Waals surface area contributed by atoms with E-state index >= 15 is 0 Å². The fraction of sp³-hybridized carbons (Fsp3) is 0.625. The Bertz CT molecular complexity index is 777. The van der Waals surface area contributed by atoms with Crippen LogP contribution >= 0.6 is 11.6 Å². The van der Waals surface area contributed by atoms with Crippen LogP contribution in [0, 0.1) is 5.92 Å². The van der Waals surface area contributed by atoms with Crippen LogP contribution in [0.5, 0.6) is 0 Å². The van der Waals surface area contributed by atoms with Gasteiger partial charge in [-0.2, -0.15) is 5.10 Å². The molecule has 1 saturated heterocycles. The summed E-state index contributed by atoms with van der Waals surface area (Å²) in [6.07, 6.45) is 1.52. The fourth-order valence-electron chi connectivity index (χ4n) is 2.98. The van der Waals surface area contributed by atoms with Gasteiger partial charge in [0.15, 0.2) is 16.5 Å². The number of nitrogens with zero attached hydrogens (tertiary/aromatic N) is 5. The van der Waals surface area contributed by atoms with Crippen molar-refractivity contribution in [3.63, 3.8) is 0 Å². The van der Waals surface area contributed by atoms with E-state index in [1.165, 1.54) is 0 Å².